The van der Waals surface area contributed by atoms with Gasteiger partial charge < -0.3 is 5.11 Å². The molecular formula is C13H16O4S. The second-order valence-corrected chi connectivity index (χ2v) is 5.64. The summed E-state index contributed by atoms with van der Waals surface area (Å²) in [6, 6.07) is 0. The molecule has 1 fully saturated rings. The van der Waals surface area contributed by atoms with E-state index in [1.165, 1.54) is 0 Å². The monoisotopic (exact) mass is 268 g/mol. The fourth-order valence-corrected chi connectivity index (χ4v) is 3.56. The summed E-state index contributed by atoms with van der Waals surface area (Å²) < 4.78 is 0. The molecule has 0 amide bonds. The van der Waals surface area contributed by atoms with Gasteiger partial charge in [-0.1, -0.05) is 12.2 Å². The Labute approximate surface area is 111 Å². The van der Waals surface area contributed by atoms with E-state index in [0.717, 1.165) is 0 Å². The number of carboxylic acids is 1. The number of ketones is 2. The number of aliphatic carboxylic acids is 1. The van der Waals surface area contributed by atoms with E-state index in [0.29, 0.717) is 18.6 Å². The van der Waals surface area contributed by atoms with Gasteiger partial charge in [0.1, 0.15) is 5.78 Å². The number of carboxylic acid groups (broad SMARTS) is 1. The highest BCUT2D eigenvalue weighted by Crippen LogP contribution is 2.48. The Morgan fingerprint density at radius 1 is 1.50 bits per heavy atom. The average molecular weight is 268 g/mol. The van der Waals surface area contributed by atoms with E-state index in [9.17, 15) is 14.4 Å². The van der Waals surface area contributed by atoms with Crippen LogP contribution in [-0.4, -0.2) is 28.4 Å². The largest absolute Gasteiger partial charge is 0.481 e. The lowest BCUT2D eigenvalue weighted by atomic mass is 9.77. The van der Waals surface area contributed by atoms with Crippen LogP contribution in [0.4, 0.5) is 0 Å². The second kappa shape index (κ2) is 4.53. The molecule has 0 spiro atoms. The van der Waals surface area contributed by atoms with Crippen molar-refractivity contribution in [3.05, 3.63) is 12.2 Å². The molecule has 18 heavy (non-hydrogen) atoms. The molecule has 2 rings (SSSR count). The number of rotatable bonds is 3. The van der Waals surface area contributed by atoms with Gasteiger partial charge in [0.2, 0.25) is 0 Å². The first-order valence-corrected chi connectivity index (χ1v) is 6.65. The number of carbonyl (C=O) groups excluding carboxylic acids is 2. The molecule has 0 aromatic rings. The number of hydrogen-bond donors (Lipinski definition) is 2. The maximum Gasteiger partial charge on any atom is 0.311 e. The number of fused-ring (bicyclic) bond motifs is 1. The first-order valence-electron chi connectivity index (χ1n) is 6.02. The molecule has 1 N–H and O–H groups in total. The summed E-state index contributed by atoms with van der Waals surface area (Å²) in [6.45, 7) is 1.63. The average Bonchev–Trinajstić information content (AvgIpc) is 2.52. The normalized spacial score (nSPS) is 38.9. The van der Waals surface area contributed by atoms with Gasteiger partial charge in [0.15, 0.2) is 5.78 Å². The first-order chi connectivity index (χ1) is 8.43. The molecule has 0 aliphatic heterocycles. The van der Waals surface area contributed by atoms with Gasteiger partial charge in [-0.05, 0) is 25.5 Å². The Kier molecular flexibility index (Phi) is 3.36. The van der Waals surface area contributed by atoms with Gasteiger partial charge in [0, 0.05) is 11.8 Å². The maximum atomic E-state index is 12.4. The highest BCUT2D eigenvalue weighted by atomic mass is 32.1. The Hall–Kier alpha value is -1.10. The van der Waals surface area contributed by atoms with Crippen molar-refractivity contribution in [2.75, 3.05) is 5.75 Å². The highest BCUT2D eigenvalue weighted by Gasteiger charge is 2.59. The molecule has 2 aliphatic rings. The van der Waals surface area contributed by atoms with Crippen LogP contribution in [0.25, 0.3) is 0 Å². The Balaban J connectivity index is 2.41. The lowest BCUT2D eigenvalue weighted by Gasteiger charge is -2.24. The van der Waals surface area contributed by atoms with Crippen molar-refractivity contribution in [2.45, 2.75) is 19.8 Å². The maximum absolute atomic E-state index is 12.4. The minimum absolute atomic E-state index is 0.109. The summed E-state index contributed by atoms with van der Waals surface area (Å²) in [5.41, 5.74) is -1.04. The van der Waals surface area contributed by atoms with Crippen LogP contribution in [0, 0.1) is 23.2 Å². The van der Waals surface area contributed by atoms with Gasteiger partial charge in [-0.2, -0.15) is 12.6 Å². The third kappa shape index (κ3) is 1.72. The highest BCUT2D eigenvalue weighted by molar-refractivity contribution is 7.80. The Morgan fingerprint density at radius 3 is 2.72 bits per heavy atom. The van der Waals surface area contributed by atoms with E-state index in [1.54, 1.807) is 19.1 Å². The molecule has 0 aromatic carbocycles. The van der Waals surface area contributed by atoms with E-state index in [1.807, 2.05) is 0 Å². The smallest absolute Gasteiger partial charge is 0.311 e. The fourth-order valence-electron chi connectivity index (χ4n) is 3.11. The molecule has 4 nitrogen and oxygen atoms in total. The van der Waals surface area contributed by atoms with Crippen molar-refractivity contribution < 1.29 is 19.5 Å². The van der Waals surface area contributed by atoms with Crippen LogP contribution in [-0.2, 0) is 14.4 Å². The Bertz CT molecular complexity index is 442. The van der Waals surface area contributed by atoms with E-state index in [2.05, 4.69) is 12.6 Å². The standard InChI is InChI=1S/C13H16O4S/c1-13(5-6-18)10(14)7-3-2-4-8(12(16)17)9(7)11(13)15/h2,4,7-9,18H,3,5-6H2,1H3,(H,16,17)/t7?,8-,9?,13-/m1/s1. The summed E-state index contributed by atoms with van der Waals surface area (Å²) in [6.07, 6.45) is 4.10. The van der Waals surface area contributed by atoms with Gasteiger partial charge >= 0.3 is 5.97 Å². The van der Waals surface area contributed by atoms with Crippen LogP contribution in [0.3, 0.4) is 0 Å². The van der Waals surface area contributed by atoms with E-state index in [-0.39, 0.29) is 11.6 Å². The molecule has 0 bridgehead atoms. The molecule has 2 unspecified atom stereocenters. The van der Waals surface area contributed by atoms with Gasteiger partial charge in [-0.15, -0.1) is 0 Å². The third-order valence-corrected chi connectivity index (χ3v) is 4.40. The second-order valence-electron chi connectivity index (χ2n) is 5.19. The molecule has 2 aliphatic carbocycles. The summed E-state index contributed by atoms with van der Waals surface area (Å²) in [5, 5.41) is 9.16. The summed E-state index contributed by atoms with van der Waals surface area (Å²) >= 11 is 4.09. The predicted molar refractivity (Wildman–Crippen MR) is 68.5 cm³/mol. The molecule has 0 radical (unpaired) electrons. The van der Waals surface area contributed by atoms with Crippen molar-refractivity contribution in [1.82, 2.24) is 0 Å². The number of Topliss-reactive ketones (excluding diaryl/α,β-unsaturated/α-hetero) is 2. The van der Waals surface area contributed by atoms with Gasteiger partial charge in [-0.25, -0.2) is 0 Å². The Morgan fingerprint density at radius 2 is 2.17 bits per heavy atom. The topological polar surface area (TPSA) is 71.4 Å². The van der Waals surface area contributed by atoms with Crippen LogP contribution in [0.15, 0.2) is 12.2 Å². The number of carbonyl (C=O) groups is 3. The summed E-state index contributed by atoms with van der Waals surface area (Å²) in [4.78, 5) is 36.0. The quantitative estimate of drug-likeness (QED) is 0.460. The zero-order chi connectivity index (χ0) is 13.5. The number of thiol groups is 1. The molecule has 1 saturated carbocycles. The zero-order valence-corrected chi connectivity index (χ0v) is 11.0. The van der Waals surface area contributed by atoms with Crippen LogP contribution in [0.2, 0.25) is 0 Å². The number of allylic oxidation sites excluding steroid dienone is 1. The first kappa shape index (κ1) is 13.3. The van der Waals surface area contributed by atoms with Crippen LogP contribution in [0.1, 0.15) is 19.8 Å². The SMILES string of the molecule is C[C@@]1(CCS)C(=O)C2CC=C[C@@H](C(=O)O)C2C1=O. The lowest BCUT2D eigenvalue weighted by Crippen LogP contribution is -2.34. The van der Waals surface area contributed by atoms with Crippen LogP contribution >= 0.6 is 12.6 Å². The molecule has 98 valence electrons. The van der Waals surface area contributed by atoms with Crippen molar-refractivity contribution in [1.29, 1.82) is 0 Å². The summed E-state index contributed by atoms with van der Waals surface area (Å²) in [5.74, 6) is -2.93. The molecule has 0 saturated heterocycles. The zero-order valence-electron chi connectivity index (χ0n) is 10.1. The van der Waals surface area contributed by atoms with Gasteiger partial charge in [-0.3, -0.25) is 14.4 Å². The number of hydrogen-bond acceptors (Lipinski definition) is 4. The fraction of sp³-hybridized carbons (Fsp3) is 0.615. The minimum Gasteiger partial charge on any atom is -0.481 e. The van der Waals surface area contributed by atoms with Crippen LogP contribution < -0.4 is 0 Å². The van der Waals surface area contributed by atoms with Crippen LogP contribution in [0.5, 0.6) is 0 Å². The molecular weight excluding hydrogens is 252 g/mol. The van der Waals surface area contributed by atoms with Crippen molar-refractivity contribution >= 4 is 30.2 Å². The van der Waals surface area contributed by atoms with E-state index < -0.39 is 29.1 Å². The lowest BCUT2D eigenvalue weighted by molar-refractivity contribution is -0.146. The van der Waals surface area contributed by atoms with Gasteiger partial charge in [0.25, 0.3) is 0 Å². The summed E-state index contributed by atoms with van der Waals surface area (Å²) in [7, 11) is 0. The molecule has 5 heteroatoms. The van der Waals surface area contributed by atoms with Crippen molar-refractivity contribution in [3.63, 3.8) is 0 Å². The van der Waals surface area contributed by atoms with Crippen molar-refractivity contribution in [3.8, 4) is 0 Å². The van der Waals surface area contributed by atoms with Crippen molar-refractivity contribution in [2.24, 2.45) is 23.2 Å². The molecule has 0 heterocycles. The van der Waals surface area contributed by atoms with E-state index >= 15 is 0 Å². The van der Waals surface area contributed by atoms with E-state index in [4.69, 9.17) is 5.11 Å². The molecule has 4 atom stereocenters. The third-order valence-electron chi connectivity index (χ3n) is 4.18. The minimum atomic E-state index is -1.04. The van der Waals surface area contributed by atoms with Gasteiger partial charge in [0.05, 0.1) is 11.3 Å². The predicted octanol–water partition coefficient (Wildman–Crippen LogP) is 1.36. The molecule has 0 aromatic heterocycles.